The molecule has 1 amide bonds. The number of aromatic amines is 1. The van der Waals surface area contributed by atoms with Gasteiger partial charge in [0.1, 0.15) is 12.1 Å². The highest BCUT2D eigenvalue weighted by atomic mass is 32.1. The van der Waals surface area contributed by atoms with Gasteiger partial charge in [-0.3, -0.25) is 9.89 Å². The summed E-state index contributed by atoms with van der Waals surface area (Å²) in [5.74, 6) is 1.20. The Morgan fingerprint density at radius 3 is 2.67 bits per heavy atom. The number of benzene rings is 1. The van der Waals surface area contributed by atoms with Gasteiger partial charge in [0.2, 0.25) is 0 Å². The summed E-state index contributed by atoms with van der Waals surface area (Å²) in [4.78, 5) is 18.6. The minimum atomic E-state index is -0.533. The fraction of sp³-hybridized carbons (Fsp3) is 0.348. The number of nitrogens with one attached hydrogen (secondary N) is 2. The molecular weight excluding hydrogens is 396 g/mol. The number of thiophene rings is 1. The standard InChI is InChI=1S/C23H26N4O2S/c1-4-5-11-29-17-8-6-16(7-9-17)23(3)13-18(20-15(2)10-12-30-20)19(22(28)26-23)21-24-14-25-27-21/h6-10,12,14H,4-5,11,13H2,1-3H3,(H,26,28)(H,24,25,27)/t23-/m0/s1. The largest absolute Gasteiger partial charge is 0.494 e. The van der Waals surface area contributed by atoms with Crippen LogP contribution in [0.4, 0.5) is 0 Å². The molecule has 0 aliphatic carbocycles. The summed E-state index contributed by atoms with van der Waals surface area (Å²) in [7, 11) is 0. The molecule has 0 fully saturated rings. The van der Waals surface area contributed by atoms with E-state index in [0.717, 1.165) is 46.8 Å². The van der Waals surface area contributed by atoms with Gasteiger partial charge in [0.25, 0.3) is 5.91 Å². The topological polar surface area (TPSA) is 79.9 Å². The van der Waals surface area contributed by atoms with Gasteiger partial charge in [-0.2, -0.15) is 5.10 Å². The Morgan fingerprint density at radius 1 is 1.23 bits per heavy atom. The number of unbranched alkanes of at least 4 members (excludes halogenated alkanes) is 1. The van der Waals surface area contributed by atoms with Crippen molar-refractivity contribution in [1.82, 2.24) is 20.5 Å². The van der Waals surface area contributed by atoms with Gasteiger partial charge in [-0.15, -0.1) is 11.3 Å². The van der Waals surface area contributed by atoms with Gasteiger partial charge >= 0.3 is 0 Å². The van der Waals surface area contributed by atoms with Gasteiger partial charge < -0.3 is 10.1 Å². The van der Waals surface area contributed by atoms with Crippen LogP contribution in [0.2, 0.25) is 0 Å². The first-order valence-corrected chi connectivity index (χ1v) is 11.1. The Labute approximate surface area is 180 Å². The second-order valence-corrected chi connectivity index (χ2v) is 8.73. The van der Waals surface area contributed by atoms with E-state index in [1.807, 2.05) is 24.3 Å². The molecule has 0 radical (unpaired) electrons. The lowest BCUT2D eigenvalue weighted by molar-refractivity contribution is -0.117. The summed E-state index contributed by atoms with van der Waals surface area (Å²) in [6.45, 7) is 7.00. The van der Waals surface area contributed by atoms with Gasteiger partial charge in [0.15, 0.2) is 5.82 Å². The molecule has 30 heavy (non-hydrogen) atoms. The fourth-order valence-corrected chi connectivity index (χ4v) is 4.79. The number of aryl methyl sites for hydroxylation is 1. The second kappa shape index (κ2) is 8.44. The molecule has 0 spiro atoms. The molecule has 3 heterocycles. The molecule has 0 unspecified atom stereocenters. The van der Waals surface area contributed by atoms with Crippen LogP contribution in [-0.4, -0.2) is 27.7 Å². The summed E-state index contributed by atoms with van der Waals surface area (Å²) >= 11 is 1.65. The maximum Gasteiger partial charge on any atom is 0.256 e. The summed E-state index contributed by atoms with van der Waals surface area (Å²) in [5, 5.41) is 12.1. The first-order valence-electron chi connectivity index (χ1n) is 10.2. The van der Waals surface area contributed by atoms with E-state index >= 15 is 0 Å². The van der Waals surface area contributed by atoms with Crippen molar-refractivity contribution in [3.8, 4) is 5.75 Å². The maximum absolute atomic E-state index is 13.3. The molecule has 1 aliphatic heterocycles. The number of carbonyl (C=O) groups is 1. The highest BCUT2D eigenvalue weighted by Crippen LogP contribution is 2.43. The molecule has 0 bridgehead atoms. The van der Waals surface area contributed by atoms with E-state index in [-0.39, 0.29) is 5.91 Å². The van der Waals surface area contributed by atoms with Crippen LogP contribution < -0.4 is 10.1 Å². The molecule has 4 rings (SSSR count). The van der Waals surface area contributed by atoms with Crippen LogP contribution in [0.25, 0.3) is 11.1 Å². The van der Waals surface area contributed by atoms with Crippen molar-refractivity contribution < 1.29 is 9.53 Å². The third kappa shape index (κ3) is 3.89. The highest BCUT2D eigenvalue weighted by Gasteiger charge is 2.39. The lowest BCUT2D eigenvalue weighted by atomic mass is 9.79. The first kappa shape index (κ1) is 20.3. The maximum atomic E-state index is 13.3. The Kier molecular flexibility index (Phi) is 5.72. The van der Waals surface area contributed by atoms with Gasteiger partial charge in [0, 0.05) is 11.3 Å². The second-order valence-electron chi connectivity index (χ2n) is 7.81. The molecule has 2 N–H and O–H groups in total. The molecule has 1 atom stereocenters. The Morgan fingerprint density at radius 2 is 2.03 bits per heavy atom. The SMILES string of the molecule is CCCCOc1ccc([C@]2(C)CC(c3sccc3C)=C(c3ncn[nH]3)C(=O)N2)cc1. The molecule has 0 saturated carbocycles. The Hall–Kier alpha value is -2.93. The van der Waals surface area contributed by atoms with Crippen LogP contribution in [0.3, 0.4) is 0 Å². The number of rotatable bonds is 7. The van der Waals surface area contributed by atoms with Crippen LogP contribution in [-0.2, 0) is 10.3 Å². The van der Waals surface area contributed by atoms with E-state index in [4.69, 9.17) is 4.74 Å². The van der Waals surface area contributed by atoms with Crippen molar-refractivity contribution in [2.45, 2.75) is 45.6 Å². The number of carbonyl (C=O) groups excluding carboxylic acids is 1. The van der Waals surface area contributed by atoms with Crippen LogP contribution in [0, 0.1) is 6.92 Å². The Balaban J connectivity index is 1.70. The van der Waals surface area contributed by atoms with Crippen LogP contribution in [0.1, 0.15) is 54.9 Å². The predicted octanol–water partition coefficient (Wildman–Crippen LogP) is 4.70. The quantitative estimate of drug-likeness (QED) is 0.541. The van der Waals surface area contributed by atoms with E-state index in [2.05, 4.69) is 52.7 Å². The van der Waals surface area contributed by atoms with E-state index in [1.165, 1.54) is 6.33 Å². The summed E-state index contributed by atoms with van der Waals surface area (Å²) in [6, 6.07) is 10.1. The van der Waals surface area contributed by atoms with E-state index in [1.54, 1.807) is 11.3 Å². The summed E-state index contributed by atoms with van der Waals surface area (Å²) in [6.07, 6.45) is 4.23. The molecule has 3 aromatic rings. The Bertz CT molecular complexity index is 1050. The highest BCUT2D eigenvalue weighted by molar-refractivity contribution is 7.11. The van der Waals surface area contributed by atoms with Crippen molar-refractivity contribution in [1.29, 1.82) is 0 Å². The average molecular weight is 423 g/mol. The third-order valence-corrected chi connectivity index (χ3v) is 6.57. The molecule has 156 valence electrons. The normalized spacial score (nSPS) is 19.1. The summed E-state index contributed by atoms with van der Waals surface area (Å²) < 4.78 is 5.79. The number of nitrogens with zero attached hydrogens (tertiary/aromatic N) is 2. The average Bonchev–Trinajstić information content (AvgIpc) is 3.40. The van der Waals surface area contributed by atoms with Crippen LogP contribution in [0.5, 0.6) is 5.75 Å². The number of hydrogen-bond acceptors (Lipinski definition) is 5. The van der Waals surface area contributed by atoms with Crippen molar-refractivity contribution in [2.75, 3.05) is 6.61 Å². The third-order valence-electron chi connectivity index (χ3n) is 5.49. The summed E-state index contributed by atoms with van der Waals surface area (Å²) in [5.41, 5.74) is 3.23. The van der Waals surface area contributed by atoms with Crippen molar-refractivity contribution in [2.24, 2.45) is 0 Å². The molecule has 1 aromatic carbocycles. The number of amides is 1. The minimum absolute atomic E-state index is 0.147. The lowest BCUT2D eigenvalue weighted by Gasteiger charge is -2.37. The van der Waals surface area contributed by atoms with Crippen LogP contribution >= 0.6 is 11.3 Å². The molecule has 7 heteroatoms. The van der Waals surface area contributed by atoms with Crippen molar-refractivity contribution in [3.05, 3.63) is 63.9 Å². The monoisotopic (exact) mass is 422 g/mol. The van der Waals surface area contributed by atoms with Crippen LogP contribution in [0.15, 0.2) is 42.0 Å². The van der Waals surface area contributed by atoms with E-state index in [0.29, 0.717) is 17.8 Å². The molecule has 2 aromatic heterocycles. The number of H-pyrrole nitrogens is 1. The fourth-order valence-electron chi connectivity index (χ4n) is 3.82. The van der Waals surface area contributed by atoms with E-state index in [9.17, 15) is 4.79 Å². The van der Waals surface area contributed by atoms with Gasteiger partial charge in [0.05, 0.1) is 17.7 Å². The first-order chi connectivity index (χ1) is 14.5. The van der Waals surface area contributed by atoms with Gasteiger partial charge in [-0.25, -0.2) is 4.98 Å². The number of hydrogen-bond donors (Lipinski definition) is 2. The van der Waals surface area contributed by atoms with Gasteiger partial charge in [-0.05, 0) is 60.5 Å². The zero-order valence-electron chi connectivity index (χ0n) is 17.5. The zero-order valence-corrected chi connectivity index (χ0v) is 18.3. The van der Waals surface area contributed by atoms with Gasteiger partial charge in [-0.1, -0.05) is 25.5 Å². The number of aromatic nitrogens is 3. The molecule has 1 aliphatic rings. The minimum Gasteiger partial charge on any atom is -0.494 e. The van der Waals surface area contributed by atoms with E-state index < -0.39 is 5.54 Å². The van der Waals surface area contributed by atoms with Crippen molar-refractivity contribution >= 4 is 28.4 Å². The smallest absolute Gasteiger partial charge is 0.256 e. The predicted molar refractivity (Wildman–Crippen MR) is 119 cm³/mol. The number of ether oxygens (including phenoxy) is 1. The molecule has 6 nitrogen and oxygen atoms in total. The lowest BCUT2D eigenvalue weighted by Crippen LogP contribution is -2.47. The molecule has 0 saturated heterocycles. The van der Waals surface area contributed by atoms with Crippen molar-refractivity contribution in [3.63, 3.8) is 0 Å². The zero-order chi connectivity index (χ0) is 21.1. The molecular formula is C23H26N4O2S.